The molecule has 142 valence electrons. The smallest absolute Gasteiger partial charge is 0.164 e. The fourth-order valence-corrected chi connectivity index (χ4v) is 6.88. The number of sulfone groups is 1. The topological polar surface area (TPSA) is 49.7 Å². The zero-order valence-electron chi connectivity index (χ0n) is 14.6. The molecule has 0 aliphatic carbocycles. The summed E-state index contributed by atoms with van der Waals surface area (Å²) in [6.45, 7) is 2.06. The summed E-state index contributed by atoms with van der Waals surface area (Å²) < 4.78 is 24.2. The maximum Gasteiger partial charge on any atom is 0.164 e. The SMILES string of the molecule is Cc1ccc(CSC2=N[C@H]3CS(=O)(=O)C[C@@H]3N2c2cc(Cl)cc(Cl)c2)cc1. The van der Waals surface area contributed by atoms with Crippen LogP contribution < -0.4 is 4.90 Å². The molecular weight excluding hydrogens is 423 g/mol. The Morgan fingerprint density at radius 1 is 1.11 bits per heavy atom. The highest BCUT2D eigenvalue weighted by Crippen LogP contribution is 2.37. The lowest BCUT2D eigenvalue weighted by Crippen LogP contribution is -2.39. The lowest BCUT2D eigenvalue weighted by atomic mass is 10.1. The van der Waals surface area contributed by atoms with Crippen LogP contribution in [0, 0.1) is 6.92 Å². The van der Waals surface area contributed by atoms with Crippen molar-refractivity contribution in [1.29, 1.82) is 0 Å². The summed E-state index contributed by atoms with van der Waals surface area (Å²) >= 11 is 14.0. The molecular formula is C19H18Cl2N2O2S2. The molecule has 4 rings (SSSR count). The molecule has 2 heterocycles. The summed E-state index contributed by atoms with van der Waals surface area (Å²) in [7, 11) is -3.09. The van der Waals surface area contributed by atoms with E-state index in [9.17, 15) is 8.42 Å². The molecule has 0 N–H and O–H groups in total. The summed E-state index contributed by atoms with van der Waals surface area (Å²) in [5.41, 5.74) is 3.20. The Kier molecular flexibility index (Phi) is 5.18. The van der Waals surface area contributed by atoms with Crippen molar-refractivity contribution in [3.8, 4) is 0 Å². The standard InChI is InChI=1S/C19H18Cl2N2O2S2/c1-12-2-4-13(5-3-12)9-26-19-22-17-10-27(24,25)11-18(17)23(19)16-7-14(20)6-15(21)8-16/h2-8,17-18H,9-11H2,1H3/t17-,18-/m0/s1. The van der Waals surface area contributed by atoms with Crippen LogP contribution >= 0.6 is 35.0 Å². The normalized spacial score (nSPS) is 23.4. The Morgan fingerprint density at radius 3 is 2.44 bits per heavy atom. The molecule has 8 heteroatoms. The van der Waals surface area contributed by atoms with Crippen molar-refractivity contribution >= 4 is 55.7 Å². The number of rotatable bonds is 3. The molecule has 27 heavy (non-hydrogen) atoms. The number of hydrogen-bond donors (Lipinski definition) is 0. The van der Waals surface area contributed by atoms with Gasteiger partial charge in [-0.2, -0.15) is 0 Å². The highest BCUT2D eigenvalue weighted by atomic mass is 35.5. The molecule has 1 fully saturated rings. The minimum absolute atomic E-state index is 0.0943. The van der Waals surface area contributed by atoms with E-state index in [0.717, 1.165) is 16.6 Å². The second-order valence-electron chi connectivity index (χ2n) is 6.90. The van der Waals surface area contributed by atoms with Crippen molar-refractivity contribution in [2.75, 3.05) is 16.4 Å². The number of amidine groups is 1. The fourth-order valence-electron chi connectivity index (χ4n) is 3.45. The summed E-state index contributed by atoms with van der Waals surface area (Å²) in [6.07, 6.45) is 0. The second kappa shape index (κ2) is 7.32. The van der Waals surface area contributed by atoms with Gasteiger partial charge in [-0.25, -0.2) is 8.42 Å². The molecule has 0 spiro atoms. The molecule has 0 radical (unpaired) electrons. The molecule has 0 saturated carbocycles. The van der Waals surface area contributed by atoms with E-state index in [1.54, 1.807) is 17.8 Å². The predicted octanol–water partition coefficient (Wildman–Crippen LogP) is 4.58. The van der Waals surface area contributed by atoms with E-state index in [1.807, 2.05) is 17.0 Å². The fraction of sp³-hybridized carbons (Fsp3) is 0.316. The maximum atomic E-state index is 12.1. The lowest BCUT2D eigenvalue weighted by molar-refractivity contribution is 0.601. The molecule has 0 amide bonds. The molecule has 0 bridgehead atoms. The molecule has 1 saturated heterocycles. The minimum atomic E-state index is -3.09. The Bertz CT molecular complexity index is 987. The summed E-state index contributed by atoms with van der Waals surface area (Å²) in [6, 6.07) is 13.2. The molecule has 2 aromatic carbocycles. The van der Waals surface area contributed by atoms with Gasteiger partial charge in [-0.1, -0.05) is 64.8 Å². The van der Waals surface area contributed by atoms with Gasteiger partial charge in [0.1, 0.15) is 0 Å². The molecule has 2 aliphatic rings. The molecule has 0 aromatic heterocycles. The number of nitrogens with zero attached hydrogens (tertiary/aromatic N) is 2. The van der Waals surface area contributed by atoms with Gasteiger partial charge in [0.05, 0.1) is 23.6 Å². The zero-order chi connectivity index (χ0) is 19.2. The van der Waals surface area contributed by atoms with Gasteiger partial charge >= 0.3 is 0 Å². The summed E-state index contributed by atoms with van der Waals surface area (Å²) in [4.78, 5) is 6.73. The minimum Gasteiger partial charge on any atom is -0.315 e. The largest absolute Gasteiger partial charge is 0.315 e. The number of halogens is 2. The molecule has 2 aliphatic heterocycles. The van der Waals surface area contributed by atoms with Crippen LogP contribution in [0.3, 0.4) is 0 Å². The van der Waals surface area contributed by atoms with Gasteiger partial charge in [0.2, 0.25) is 0 Å². The highest BCUT2D eigenvalue weighted by Gasteiger charge is 2.47. The van der Waals surface area contributed by atoms with Crippen molar-refractivity contribution in [3.63, 3.8) is 0 Å². The van der Waals surface area contributed by atoms with Gasteiger partial charge in [0, 0.05) is 21.5 Å². The zero-order valence-corrected chi connectivity index (χ0v) is 17.7. The Labute approximate surface area is 173 Å². The number of benzene rings is 2. The predicted molar refractivity (Wildman–Crippen MR) is 115 cm³/mol. The van der Waals surface area contributed by atoms with Gasteiger partial charge < -0.3 is 4.90 Å². The van der Waals surface area contributed by atoms with Gasteiger partial charge in [-0.15, -0.1) is 0 Å². The first kappa shape index (κ1) is 19.1. The van der Waals surface area contributed by atoms with Crippen LogP contribution in [0.5, 0.6) is 0 Å². The van der Waals surface area contributed by atoms with E-state index in [4.69, 9.17) is 28.2 Å². The van der Waals surface area contributed by atoms with Crippen molar-refractivity contribution in [2.24, 2.45) is 4.99 Å². The van der Waals surface area contributed by atoms with Gasteiger partial charge in [-0.05, 0) is 30.7 Å². The average Bonchev–Trinajstić information content (AvgIpc) is 3.04. The van der Waals surface area contributed by atoms with E-state index < -0.39 is 9.84 Å². The van der Waals surface area contributed by atoms with E-state index in [2.05, 4.69) is 31.2 Å². The lowest BCUT2D eigenvalue weighted by Gasteiger charge is -2.27. The Balaban J connectivity index is 1.64. The van der Waals surface area contributed by atoms with E-state index in [-0.39, 0.29) is 23.6 Å². The van der Waals surface area contributed by atoms with Crippen LogP contribution in [0.1, 0.15) is 11.1 Å². The number of aryl methyl sites for hydroxylation is 1. The summed E-state index contributed by atoms with van der Waals surface area (Å²) in [5, 5.41) is 1.85. The van der Waals surface area contributed by atoms with Gasteiger partial charge in [-0.3, -0.25) is 4.99 Å². The third kappa shape index (κ3) is 4.14. The van der Waals surface area contributed by atoms with Crippen LogP contribution in [0.2, 0.25) is 10.0 Å². The first-order valence-electron chi connectivity index (χ1n) is 8.53. The highest BCUT2D eigenvalue weighted by molar-refractivity contribution is 8.13. The molecule has 0 unspecified atom stereocenters. The number of hydrogen-bond acceptors (Lipinski definition) is 5. The quantitative estimate of drug-likeness (QED) is 0.700. The number of thioether (sulfide) groups is 1. The molecule has 4 nitrogen and oxygen atoms in total. The first-order chi connectivity index (χ1) is 12.8. The van der Waals surface area contributed by atoms with Crippen LogP contribution in [0.4, 0.5) is 5.69 Å². The first-order valence-corrected chi connectivity index (χ1v) is 12.1. The number of anilines is 1. The Hall–Kier alpha value is -1.21. The van der Waals surface area contributed by atoms with Crippen LogP contribution in [-0.2, 0) is 15.6 Å². The van der Waals surface area contributed by atoms with E-state index in [0.29, 0.717) is 10.0 Å². The third-order valence-electron chi connectivity index (χ3n) is 4.72. The van der Waals surface area contributed by atoms with Crippen LogP contribution in [0.15, 0.2) is 47.5 Å². The molecule has 2 atom stereocenters. The van der Waals surface area contributed by atoms with Gasteiger partial charge in [0.15, 0.2) is 15.0 Å². The maximum absolute atomic E-state index is 12.1. The van der Waals surface area contributed by atoms with Crippen molar-refractivity contribution in [2.45, 2.75) is 24.8 Å². The van der Waals surface area contributed by atoms with Crippen LogP contribution in [0.25, 0.3) is 0 Å². The van der Waals surface area contributed by atoms with Crippen LogP contribution in [-0.4, -0.2) is 37.2 Å². The van der Waals surface area contributed by atoms with Crippen molar-refractivity contribution < 1.29 is 8.42 Å². The van der Waals surface area contributed by atoms with E-state index in [1.165, 1.54) is 11.1 Å². The third-order valence-corrected chi connectivity index (χ3v) is 7.89. The average molecular weight is 441 g/mol. The molecule has 2 aromatic rings. The number of fused-ring (bicyclic) bond motifs is 1. The van der Waals surface area contributed by atoms with Gasteiger partial charge in [0.25, 0.3) is 0 Å². The number of aliphatic imine (C=N–C) groups is 1. The van der Waals surface area contributed by atoms with Crippen molar-refractivity contribution in [3.05, 3.63) is 63.6 Å². The van der Waals surface area contributed by atoms with E-state index >= 15 is 0 Å². The summed E-state index contributed by atoms with van der Waals surface area (Å²) in [5.74, 6) is 0.951. The second-order valence-corrected chi connectivity index (χ2v) is 10.9. The Morgan fingerprint density at radius 2 is 1.78 bits per heavy atom. The van der Waals surface area contributed by atoms with Crippen molar-refractivity contribution in [1.82, 2.24) is 0 Å². The monoisotopic (exact) mass is 440 g/mol.